The van der Waals surface area contributed by atoms with Gasteiger partial charge in [0.25, 0.3) is 0 Å². The first-order valence-corrected chi connectivity index (χ1v) is 5.94. The zero-order valence-electron chi connectivity index (χ0n) is 9.51. The van der Waals surface area contributed by atoms with E-state index in [1.165, 1.54) is 5.56 Å². The first-order chi connectivity index (χ1) is 7.80. The fraction of sp³-hybridized carbons (Fsp3) is 0.417. The van der Waals surface area contributed by atoms with Crippen LogP contribution in [0.2, 0.25) is 0 Å². The van der Waals surface area contributed by atoms with Gasteiger partial charge < -0.3 is 9.72 Å². The smallest absolute Gasteiger partial charge is 0.149 e. The lowest BCUT2D eigenvalue weighted by Gasteiger charge is -2.07. The number of alkyl halides is 1. The summed E-state index contributed by atoms with van der Waals surface area (Å²) in [5, 5.41) is 0. The Bertz CT molecular complexity index is 493. The molecule has 0 aliphatic rings. The van der Waals surface area contributed by atoms with E-state index in [1.807, 2.05) is 6.07 Å². The normalized spacial score (nSPS) is 10.9. The summed E-state index contributed by atoms with van der Waals surface area (Å²) < 4.78 is 5.44. The number of ether oxygens (including phenoxy) is 1. The number of aromatic amines is 1. The molecule has 1 aromatic heterocycles. The number of H-pyrrole nitrogens is 1. The van der Waals surface area contributed by atoms with Crippen molar-refractivity contribution >= 4 is 22.6 Å². The summed E-state index contributed by atoms with van der Waals surface area (Å²) in [5.74, 6) is 2.04. The van der Waals surface area contributed by atoms with E-state index >= 15 is 0 Å². The van der Waals surface area contributed by atoms with Crippen molar-refractivity contribution in [1.29, 1.82) is 0 Å². The second-order valence-electron chi connectivity index (χ2n) is 3.72. The van der Waals surface area contributed by atoms with Crippen molar-refractivity contribution in [2.45, 2.75) is 25.6 Å². The number of nitrogens with zero attached hydrogens (tertiary/aromatic N) is 1. The molecule has 1 aromatic carbocycles. The summed E-state index contributed by atoms with van der Waals surface area (Å²) in [4.78, 5) is 7.60. The standard InChI is InChI=1S/C12H15ClN2O/c1-3-4-8-5-6-9-11(12(8)16-2)15-10(7-13)14-9/h5-6H,3-4,7H2,1-2H3,(H,14,15). The van der Waals surface area contributed by atoms with Crippen LogP contribution in [0.1, 0.15) is 24.7 Å². The van der Waals surface area contributed by atoms with Crippen LogP contribution >= 0.6 is 11.6 Å². The molecule has 86 valence electrons. The van der Waals surface area contributed by atoms with Crippen LogP contribution in [0.5, 0.6) is 5.75 Å². The van der Waals surface area contributed by atoms with Gasteiger partial charge in [-0.15, -0.1) is 11.6 Å². The van der Waals surface area contributed by atoms with Gasteiger partial charge in [-0.2, -0.15) is 0 Å². The van der Waals surface area contributed by atoms with Crippen molar-refractivity contribution in [3.05, 3.63) is 23.5 Å². The van der Waals surface area contributed by atoms with Crippen molar-refractivity contribution in [2.75, 3.05) is 7.11 Å². The van der Waals surface area contributed by atoms with Crippen LogP contribution in [-0.2, 0) is 12.3 Å². The summed E-state index contributed by atoms with van der Waals surface area (Å²) >= 11 is 5.76. The maximum atomic E-state index is 5.76. The van der Waals surface area contributed by atoms with Crippen molar-refractivity contribution in [3.8, 4) is 5.75 Å². The van der Waals surface area contributed by atoms with E-state index in [9.17, 15) is 0 Å². The number of nitrogens with one attached hydrogen (secondary N) is 1. The van der Waals surface area contributed by atoms with Crippen LogP contribution in [0.4, 0.5) is 0 Å². The maximum absolute atomic E-state index is 5.76. The second-order valence-corrected chi connectivity index (χ2v) is 3.99. The lowest BCUT2D eigenvalue weighted by atomic mass is 10.1. The number of halogens is 1. The Balaban J connectivity index is 2.59. The van der Waals surface area contributed by atoms with Crippen LogP contribution in [0.25, 0.3) is 11.0 Å². The largest absolute Gasteiger partial charge is 0.494 e. The second kappa shape index (κ2) is 4.74. The zero-order valence-corrected chi connectivity index (χ0v) is 10.3. The summed E-state index contributed by atoms with van der Waals surface area (Å²) in [6.45, 7) is 2.15. The number of imidazole rings is 1. The Kier molecular flexibility index (Phi) is 3.34. The monoisotopic (exact) mass is 238 g/mol. The number of aryl methyl sites for hydroxylation is 1. The van der Waals surface area contributed by atoms with Crippen LogP contribution < -0.4 is 4.74 Å². The number of benzene rings is 1. The molecule has 0 fully saturated rings. The summed E-state index contributed by atoms with van der Waals surface area (Å²) in [7, 11) is 1.68. The van der Waals surface area contributed by atoms with Crippen molar-refractivity contribution in [3.63, 3.8) is 0 Å². The van der Waals surface area contributed by atoms with E-state index in [0.29, 0.717) is 5.88 Å². The highest BCUT2D eigenvalue weighted by molar-refractivity contribution is 6.16. The topological polar surface area (TPSA) is 37.9 Å². The quantitative estimate of drug-likeness (QED) is 0.831. The van der Waals surface area contributed by atoms with E-state index < -0.39 is 0 Å². The molecular weight excluding hydrogens is 224 g/mol. The first-order valence-electron chi connectivity index (χ1n) is 5.40. The molecule has 0 aliphatic carbocycles. The predicted molar refractivity (Wildman–Crippen MR) is 66.2 cm³/mol. The van der Waals surface area contributed by atoms with E-state index in [-0.39, 0.29) is 0 Å². The maximum Gasteiger partial charge on any atom is 0.149 e. The number of rotatable bonds is 4. The van der Waals surface area contributed by atoms with E-state index in [2.05, 4.69) is 23.0 Å². The molecule has 1 heterocycles. The number of hydrogen-bond donors (Lipinski definition) is 1. The lowest BCUT2D eigenvalue weighted by molar-refractivity contribution is 0.413. The molecule has 0 aliphatic heterocycles. The zero-order chi connectivity index (χ0) is 11.5. The third-order valence-corrected chi connectivity index (χ3v) is 2.84. The molecule has 0 bridgehead atoms. The van der Waals surface area contributed by atoms with Gasteiger partial charge in [-0.25, -0.2) is 4.98 Å². The molecule has 2 rings (SSSR count). The molecule has 3 nitrogen and oxygen atoms in total. The van der Waals surface area contributed by atoms with Crippen LogP contribution in [0.15, 0.2) is 12.1 Å². The van der Waals surface area contributed by atoms with Crippen LogP contribution in [0.3, 0.4) is 0 Å². The minimum atomic E-state index is 0.390. The number of fused-ring (bicyclic) bond motifs is 1. The van der Waals surface area contributed by atoms with Gasteiger partial charge in [0.2, 0.25) is 0 Å². The summed E-state index contributed by atoms with van der Waals surface area (Å²) in [6.07, 6.45) is 2.09. The van der Waals surface area contributed by atoms with Crippen LogP contribution in [0, 0.1) is 0 Å². The molecule has 4 heteroatoms. The van der Waals surface area contributed by atoms with Crippen LogP contribution in [-0.4, -0.2) is 17.1 Å². The average Bonchev–Trinajstić information content (AvgIpc) is 2.72. The van der Waals surface area contributed by atoms with E-state index in [1.54, 1.807) is 7.11 Å². The Morgan fingerprint density at radius 3 is 2.88 bits per heavy atom. The fourth-order valence-electron chi connectivity index (χ4n) is 1.90. The summed E-state index contributed by atoms with van der Waals surface area (Å²) in [5.41, 5.74) is 3.06. The van der Waals surface area contributed by atoms with Crippen molar-refractivity contribution < 1.29 is 4.74 Å². The molecule has 1 N–H and O–H groups in total. The Hall–Kier alpha value is -1.22. The molecule has 2 aromatic rings. The first kappa shape index (κ1) is 11.3. The van der Waals surface area contributed by atoms with E-state index in [0.717, 1.165) is 35.4 Å². The molecule has 0 radical (unpaired) electrons. The minimum Gasteiger partial charge on any atom is -0.494 e. The molecule has 0 saturated carbocycles. The highest BCUT2D eigenvalue weighted by Gasteiger charge is 2.11. The molecule has 0 atom stereocenters. The Labute approximate surface area is 99.8 Å². The molecule has 0 amide bonds. The highest BCUT2D eigenvalue weighted by atomic mass is 35.5. The minimum absolute atomic E-state index is 0.390. The third kappa shape index (κ3) is 1.87. The van der Waals surface area contributed by atoms with Gasteiger partial charge in [0.05, 0.1) is 18.5 Å². The molecule has 16 heavy (non-hydrogen) atoms. The summed E-state index contributed by atoms with van der Waals surface area (Å²) in [6, 6.07) is 4.12. The average molecular weight is 239 g/mol. The fourth-order valence-corrected chi connectivity index (χ4v) is 2.03. The molecular formula is C12H15ClN2O. The highest BCUT2D eigenvalue weighted by Crippen LogP contribution is 2.29. The third-order valence-electron chi connectivity index (χ3n) is 2.59. The molecule has 0 saturated heterocycles. The molecule has 0 spiro atoms. The Morgan fingerprint density at radius 1 is 1.44 bits per heavy atom. The van der Waals surface area contributed by atoms with Gasteiger partial charge in [0.15, 0.2) is 0 Å². The van der Waals surface area contributed by atoms with E-state index in [4.69, 9.17) is 16.3 Å². The van der Waals surface area contributed by atoms with Crippen molar-refractivity contribution in [2.24, 2.45) is 0 Å². The van der Waals surface area contributed by atoms with Gasteiger partial charge in [0.1, 0.15) is 17.1 Å². The number of aromatic nitrogens is 2. The number of methoxy groups -OCH3 is 1. The predicted octanol–water partition coefficient (Wildman–Crippen LogP) is 3.26. The van der Waals surface area contributed by atoms with Crippen molar-refractivity contribution in [1.82, 2.24) is 9.97 Å². The Morgan fingerprint density at radius 2 is 2.25 bits per heavy atom. The van der Waals surface area contributed by atoms with Gasteiger partial charge in [0, 0.05) is 0 Å². The molecule has 0 unspecified atom stereocenters. The van der Waals surface area contributed by atoms with Gasteiger partial charge in [-0.3, -0.25) is 0 Å². The SMILES string of the molecule is CCCc1ccc2[nH]c(CCl)nc2c1OC. The van der Waals surface area contributed by atoms with Gasteiger partial charge in [-0.05, 0) is 18.1 Å². The van der Waals surface area contributed by atoms with Gasteiger partial charge >= 0.3 is 0 Å². The lowest BCUT2D eigenvalue weighted by Crippen LogP contribution is -1.92. The van der Waals surface area contributed by atoms with Gasteiger partial charge in [-0.1, -0.05) is 19.4 Å². The number of hydrogen-bond acceptors (Lipinski definition) is 2.